The van der Waals surface area contributed by atoms with E-state index >= 15 is 0 Å². The molecule has 0 fully saturated rings. The van der Waals surface area contributed by atoms with Crippen LogP contribution in [0, 0.1) is 0 Å². The number of halogens is 2. The third-order valence-corrected chi connectivity index (χ3v) is 3.56. The van der Waals surface area contributed by atoms with Crippen molar-refractivity contribution in [2.45, 2.75) is 6.04 Å². The fourth-order valence-corrected chi connectivity index (χ4v) is 2.47. The topological polar surface area (TPSA) is 36.7 Å². The fourth-order valence-electron chi connectivity index (χ4n) is 2.34. The molecule has 0 spiro atoms. The van der Waals surface area contributed by atoms with Crippen molar-refractivity contribution in [2.24, 2.45) is 4.99 Å². The Labute approximate surface area is 160 Å². The highest BCUT2D eigenvalue weighted by Crippen LogP contribution is 2.20. The molecule has 2 aromatic rings. The molecule has 2 rings (SSSR count). The molecule has 23 heavy (non-hydrogen) atoms. The maximum absolute atomic E-state index is 5.99. The normalized spacial score (nSPS) is 11.3. The molecule has 0 bridgehead atoms. The minimum Gasteiger partial charge on any atom is -0.349 e. The van der Waals surface area contributed by atoms with E-state index < -0.39 is 0 Å². The molecule has 1 atom stereocenters. The molecule has 0 aliphatic carbocycles. The molecule has 7 heteroatoms. The summed E-state index contributed by atoms with van der Waals surface area (Å²) >= 11 is 5.99. The second-order valence-corrected chi connectivity index (χ2v) is 5.92. The second-order valence-electron chi connectivity index (χ2n) is 5.48. The van der Waals surface area contributed by atoms with E-state index in [2.05, 4.69) is 5.10 Å². The van der Waals surface area contributed by atoms with Gasteiger partial charge in [0.05, 0.1) is 12.6 Å². The SMILES string of the molecule is CN(C)C(=NCC(c1ccc(Cl)cc1)n1cccn1)N(C)C.I. The van der Waals surface area contributed by atoms with Crippen LogP contribution in [0.1, 0.15) is 11.6 Å². The Kier molecular flexibility index (Phi) is 7.84. The standard InChI is InChI=1S/C16H22ClN5.HI/c1-20(2)16(21(3)4)18-12-15(22-11-5-10-19-22)13-6-8-14(17)9-7-13;/h5-11,15H,12H2,1-4H3;1H. The minimum atomic E-state index is 0. The third-order valence-electron chi connectivity index (χ3n) is 3.30. The van der Waals surface area contributed by atoms with Crippen molar-refractivity contribution >= 4 is 41.5 Å². The maximum atomic E-state index is 5.99. The van der Waals surface area contributed by atoms with E-state index in [1.54, 1.807) is 6.20 Å². The van der Waals surface area contributed by atoms with E-state index in [9.17, 15) is 0 Å². The second kappa shape index (κ2) is 9.12. The van der Waals surface area contributed by atoms with E-state index in [1.807, 2.05) is 79.2 Å². The van der Waals surface area contributed by atoms with Crippen LogP contribution in [0.25, 0.3) is 0 Å². The molecular weight excluding hydrogens is 425 g/mol. The first-order valence-corrected chi connectivity index (χ1v) is 7.50. The highest BCUT2D eigenvalue weighted by Gasteiger charge is 2.15. The van der Waals surface area contributed by atoms with Crippen LogP contribution in [0.3, 0.4) is 0 Å². The summed E-state index contributed by atoms with van der Waals surface area (Å²) in [5.74, 6) is 0.922. The molecule has 0 aliphatic heterocycles. The van der Waals surface area contributed by atoms with Crippen LogP contribution in [-0.4, -0.2) is 60.3 Å². The van der Waals surface area contributed by atoms with Gasteiger partial charge in [-0.1, -0.05) is 23.7 Å². The first-order chi connectivity index (χ1) is 10.5. The first kappa shape index (κ1) is 19.8. The lowest BCUT2D eigenvalue weighted by molar-refractivity contribution is 0.467. The van der Waals surface area contributed by atoms with Gasteiger partial charge in [0.15, 0.2) is 5.96 Å². The van der Waals surface area contributed by atoms with Crippen LogP contribution in [-0.2, 0) is 0 Å². The zero-order chi connectivity index (χ0) is 16.1. The van der Waals surface area contributed by atoms with Gasteiger partial charge in [0.25, 0.3) is 0 Å². The monoisotopic (exact) mass is 447 g/mol. The Morgan fingerprint density at radius 2 is 1.78 bits per heavy atom. The quantitative estimate of drug-likeness (QED) is 0.410. The Morgan fingerprint density at radius 1 is 1.17 bits per heavy atom. The number of rotatable bonds is 4. The van der Waals surface area contributed by atoms with E-state index in [0.717, 1.165) is 16.5 Å². The number of benzene rings is 1. The van der Waals surface area contributed by atoms with Gasteiger partial charge in [-0.3, -0.25) is 9.67 Å². The number of nitrogens with zero attached hydrogens (tertiary/aromatic N) is 5. The largest absolute Gasteiger partial charge is 0.349 e. The van der Waals surface area contributed by atoms with Crippen molar-refractivity contribution in [1.29, 1.82) is 0 Å². The number of guanidine groups is 1. The Bertz CT molecular complexity index is 598. The molecule has 0 radical (unpaired) electrons. The Hall–Kier alpha value is -1.28. The molecule has 1 aromatic heterocycles. The molecule has 0 saturated carbocycles. The third kappa shape index (κ3) is 5.39. The number of hydrogen-bond acceptors (Lipinski definition) is 2. The van der Waals surface area contributed by atoms with Crippen LogP contribution in [0.15, 0.2) is 47.7 Å². The summed E-state index contributed by atoms with van der Waals surface area (Å²) in [4.78, 5) is 8.76. The molecule has 5 nitrogen and oxygen atoms in total. The van der Waals surface area contributed by atoms with Crippen molar-refractivity contribution in [1.82, 2.24) is 19.6 Å². The molecule has 1 aromatic carbocycles. The lowest BCUT2D eigenvalue weighted by Crippen LogP contribution is -2.36. The molecule has 0 aliphatic rings. The van der Waals surface area contributed by atoms with Crippen LogP contribution < -0.4 is 0 Å². The van der Waals surface area contributed by atoms with E-state index in [0.29, 0.717) is 6.54 Å². The molecule has 1 heterocycles. The summed E-state index contributed by atoms with van der Waals surface area (Å²) in [6.07, 6.45) is 3.74. The average Bonchev–Trinajstić information content (AvgIpc) is 2.98. The summed E-state index contributed by atoms with van der Waals surface area (Å²) in [6.45, 7) is 0.606. The molecular formula is C16H23ClIN5. The smallest absolute Gasteiger partial charge is 0.195 e. The van der Waals surface area contributed by atoms with Crippen LogP contribution in [0.4, 0.5) is 0 Å². The molecule has 0 N–H and O–H groups in total. The van der Waals surface area contributed by atoms with E-state index in [1.165, 1.54) is 0 Å². The van der Waals surface area contributed by atoms with Crippen molar-refractivity contribution in [3.63, 3.8) is 0 Å². The van der Waals surface area contributed by atoms with Crippen LogP contribution in [0.2, 0.25) is 5.02 Å². The first-order valence-electron chi connectivity index (χ1n) is 7.12. The van der Waals surface area contributed by atoms with Gasteiger partial charge < -0.3 is 9.80 Å². The minimum absolute atomic E-state index is 0. The summed E-state index contributed by atoms with van der Waals surface area (Å²) in [5.41, 5.74) is 1.13. The van der Waals surface area contributed by atoms with Gasteiger partial charge in [0.1, 0.15) is 0 Å². The van der Waals surface area contributed by atoms with Crippen LogP contribution >= 0.6 is 35.6 Å². The maximum Gasteiger partial charge on any atom is 0.195 e. The Balaban J connectivity index is 0.00000264. The predicted octanol–water partition coefficient (Wildman–Crippen LogP) is 3.22. The zero-order valence-corrected chi connectivity index (χ0v) is 16.9. The number of aliphatic imine (C=N–C) groups is 1. The van der Waals surface area contributed by atoms with Crippen LogP contribution in [0.5, 0.6) is 0 Å². The van der Waals surface area contributed by atoms with Gasteiger partial charge in [-0.2, -0.15) is 5.10 Å². The van der Waals surface area contributed by atoms with Gasteiger partial charge in [0, 0.05) is 45.6 Å². The van der Waals surface area contributed by atoms with E-state index in [4.69, 9.17) is 16.6 Å². The van der Waals surface area contributed by atoms with E-state index in [-0.39, 0.29) is 30.0 Å². The number of aromatic nitrogens is 2. The summed E-state index contributed by atoms with van der Waals surface area (Å²) < 4.78 is 1.93. The van der Waals surface area contributed by atoms with Gasteiger partial charge in [-0.15, -0.1) is 24.0 Å². The zero-order valence-electron chi connectivity index (χ0n) is 13.8. The van der Waals surface area contributed by atoms with Crippen molar-refractivity contribution in [3.8, 4) is 0 Å². The number of hydrogen-bond donors (Lipinski definition) is 0. The highest BCUT2D eigenvalue weighted by atomic mass is 127. The summed E-state index contributed by atoms with van der Waals surface area (Å²) in [5, 5.41) is 5.10. The average molecular weight is 448 g/mol. The lowest BCUT2D eigenvalue weighted by Gasteiger charge is -2.24. The van der Waals surface area contributed by atoms with Gasteiger partial charge in [0.2, 0.25) is 0 Å². The molecule has 0 saturated heterocycles. The molecule has 1 unspecified atom stereocenters. The fraction of sp³-hybridized carbons (Fsp3) is 0.375. The summed E-state index contributed by atoms with van der Waals surface area (Å²) in [7, 11) is 7.96. The molecule has 0 amide bonds. The Morgan fingerprint density at radius 3 is 2.26 bits per heavy atom. The lowest BCUT2D eigenvalue weighted by atomic mass is 10.1. The van der Waals surface area contributed by atoms with Gasteiger partial charge in [-0.25, -0.2) is 0 Å². The summed E-state index contributed by atoms with van der Waals surface area (Å²) in [6, 6.07) is 9.81. The van der Waals surface area contributed by atoms with Gasteiger partial charge >= 0.3 is 0 Å². The highest BCUT2D eigenvalue weighted by molar-refractivity contribution is 14.0. The molecule has 126 valence electrons. The van der Waals surface area contributed by atoms with Crippen molar-refractivity contribution in [3.05, 3.63) is 53.3 Å². The van der Waals surface area contributed by atoms with Crippen molar-refractivity contribution < 1.29 is 0 Å². The van der Waals surface area contributed by atoms with Gasteiger partial charge in [-0.05, 0) is 23.8 Å². The predicted molar refractivity (Wildman–Crippen MR) is 107 cm³/mol. The van der Waals surface area contributed by atoms with Crippen molar-refractivity contribution in [2.75, 3.05) is 34.7 Å².